The van der Waals surface area contributed by atoms with Gasteiger partial charge >= 0.3 is 0 Å². The van der Waals surface area contributed by atoms with Gasteiger partial charge in [0, 0.05) is 17.6 Å². The van der Waals surface area contributed by atoms with E-state index in [1.165, 1.54) is 4.88 Å². The zero-order valence-corrected chi connectivity index (χ0v) is 9.10. The number of rotatable bonds is 5. The van der Waals surface area contributed by atoms with Crippen LogP contribution in [-0.4, -0.2) is 29.5 Å². The Morgan fingerprint density at radius 1 is 1.46 bits per heavy atom. The van der Waals surface area contributed by atoms with Crippen LogP contribution in [0.1, 0.15) is 18.7 Å². The second-order valence-corrected chi connectivity index (χ2v) is 4.09. The van der Waals surface area contributed by atoms with Crippen molar-refractivity contribution in [2.24, 2.45) is 0 Å². The molecule has 13 heavy (non-hydrogen) atoms. The number of nitrogens with two attached hydrogens (primary N) is 1. The molecule has 0 fully saturated rings. The number of hydrogen-bond acceptors (Lipinski definition) is 4. The van der Waals surface area contributed by atoms with Gasteiger partial charge in [0.15, 0.2) is 5.13 Å². The molecule has 3 nitrogen and oxygen atoms in total. The highest BCUT2D eigenvalue weighted by molar-refractivity contribution is 7.15. The summed E-state index contributed by atoms with van der Waals surface area (Å²) in [4.78, 5) is 7.70. The highest BCUT2D eigenvalue weighted by Crippen LogP contribution is 2.14. The van der Waals surface area contributed by atoms with Crippen LogP contribution in [-0.2, 0) is 6.42 Å². The van der Waals surface area contributed by atoms with Crippen LogP contribution in [0.25, 0.3) is 0 Å². The second kappa shape index (κ2) is 5.19. The van der Waals surface area contributed by atoms with E-state index in [1.807, 2.05) is 6.20 Å². The van der Waals surface area contributed by atoms with Crippen molar-refractivity contribution < 1.29 is 0 Å². The van der Waals surface area contributed by atoms with Gasteiger partial charge in [0.2, 0.25) is 0 Å². The average Bonchev–Trinajstić information content (AvgIpc) is 2.53. The Hall–Kier alpha value is -0.610. The van der Waals surface area contributed by atoms with Crippen LogP contribution in [0.15, 0.2) is 6.20 Å². The molecule has 0 saturated heterocycles. The van der Waals surface area contributed by atoms with E-state index in [0.29, 0.717) is 5.13 Å². The largest absolute Gasteiger partial charge is 0.375 e. The molecular weight excluding hydrogens is 182 g/mol. The summed E-state index contributed by atoms with van der Waals surface area (Å²) in [6, 6.07) is 0. The minimum absolute atomic E-state index is 0.676. The lowest BCUT2D eigenvalue weighted by molar-refractivity contribution is 0.308. The molecule has 0 bridgehead atoms. The lowest BCUT2D eigenvalue weighted by Crippen LogP contribution is -2.25. The summed E-state index contributed by atoms with van der Waals surface area (Å²) in [5.74, 6) is 0. The Balaban J connectivity index is 2.33. The molecule has 1 rings (SSSR count). The summed E-state index contributed by atoms with van der Waals surface area (Å²) >= 11 is 1.59. The molecule has 1 aromatic rings. The van der Waals surface area contributed by atoms with E-state index in [4.69, 9.17) is 5.73 Å². The Bertz CT molecular complexity index is 243. The van der Waals surface area contributed by atoms with Gasteiger partial charge in [0.25, 0.3) is 0 Å². The van der Waals surface area contributed by atoms with Gasteiger partial charge in [-0.25, -0.2) is 4.98 Å². The Morgan fingerprint density at radius 3 is 2.62 bits per heavy atom. The number of anilines is 1. The summed E-state index contributed by atoms with van der Waals surface area (Å²) in [5, 5.41) is 0.676. The van der Waals surface area contributed by atoms with Crippen LogP contribution in [0.3, 0.4) is 0 Å². The van der Waals surface area contributed by atoms with E-state index in [0.717, 1.165) is 26.1 Å². The zero-order valence-electron chi connectivity index (χ0n) is 8.29. The maximum Gasteiger partial charge on any atom is 0.180 e. The zero-order chi connectivity index (χ0) is 9.68. The Labute approximate surface area is 83.6 Å². The summed E-state index contributed by atoms with van der Waals surface area (Å²) in [6.45, 7) is 7.71. The molecule has 0 atom stereocenters. The maximum atomic E-state index is 5.54. The van der Waals surface area contributed by atoms with Gasteiger partial charge in [-0.3, -0.25) is 0 Å². The lowest BCUT2D eigenvalue weighted by atomic mass is 10.3. The SMILES string of the molecule is CCN(CC)CCc1cnc(N)s1. The van der Waals surface area contributed by atoms with Crippen LogP contribution >= 0.6 is 11.3 Å². The molecule has 1 aromatic heterocycles. The van der Waals surface area contributed by atoms with Crippen LogP contribution in [0.5, 0.6) is 0 Å². The van der Waals surface area contributed by atoms with Crippen LogP contribution in [0.4, 0.5) is 5.13 Å². The average molecular weight is 199 g/mol. The number of aromatic nitrogens is 1. The molecule has 0 spiro atoms. The summed E-state index contributed by atoms with van der Waals surface area (Å²) in [6.07, 6.45) is 2.94. The molecule has 0 aliphatic rings. The fraction of sp³-hybridized carbons (Fsp3) is 0.667. The molecule has 0 saturated carbocycles. The van der Waals surface area contributed by atoms with Gasteiger partial charge in [0.1, 0.15) is 0 Å². The third-order valence-electron chi connectivity index (χ3n) is 2.14. The van der Waals surface area contributed by atoms with Crippen molar-refractivity contribution in [3.8, 4) is 0 Å². The van der Waals surface area contributed by atoms with E-state index < -0.39 is 0 Å². The first kappa shape index (κ1) is 10.5. The van der Waals surface area contributed by atoms with Gasteiger partial charge < -0.3 is 10.6 Å². The van der Waals surface area contributed by atoms with Crippen LogP contribution in [0.2, 0.25) is 0 Å². The third kappa shape index (κ3) is 3.32. The maximum absolute atomic E-state index is 5.54. The quantitative estimate of drug-likeness (QED) is 0.783. The van der Waals surface area contributed by atoms with Crippen LogP contribution in [0, 0.1) is 0 Å². The topological polar surface area (TPSA) is 42.2 Å². The van der Waals surface area contributed by atoms with Gasteiger partial charge in [0.05, 0.1) is 0 Å². The first-order valence-electron chi connectivity index (χ1n) is 4.68. The van der Waals surface area contributed by atoms with Gasteiger partial charge in [-0.2, -0.15) is 0 Å². The van der Waals surface area contributed by atoms with Gasteiger partial charge in [-0.15, -0.1) is 11.3 Å². The molecule has 0 aromatic carbocycles. The predicted octanol–water partition coefficient (Wildman–Crippen LogP) is 1.61. The monoisotopic (exact) mass is 199 g/mol. The molecule has 2 N–H and O–H groups in total. The molecule has 0 amide bonds. The smallest absolute Gasteiger partial charge is 0.180 e. The molecule has 4 heteroatoms. The summed E-state index contributed by atoms with van der Waals surface area (Å²) < 4.78 is 0. The lowest BCUT2D eigenvalue weighted by Gasteiger charge is -2.16. The fourth-order valence-electron chi connectivity index (χ4n) is 1.25. The number of nitrogen functional groups attached to an aromatic ring is 1. The van der Waals surface area contributed by atoms with Gasteiger partial charge in [-0.05, 0) is 19.5 Å². The summed E-state index contributed by atoms with van der Waals surface area (Å²) in [5.41, 5.74) is 5.54. The van der Waals surface area contributed by atoms with E-state index in [-0.39, 0.29) is 0 Å². The van der Waals surface area contributed by atoms with Gasteiger partial charge in [-0.1, -0.05) is 13.8 Å². The molecule has 74 valence electrons. The first-order chi connectivity index (χ1) is 6.26. The second-order valence-electron chi connectivity index (χ2n) is 2.94. The number of thiazole rings is 1. The molecule has 0 aliphatic heterocycles. The minimum atomic E-state index is 0.676. The standard InChI is InChI=1S/C9H17N3S/c1-3-12(4-2)6-5-8-7-11-9(10)13-8/h7H,3-6H2,1-2H3,(H2,10,11). The minimum Gasteiger partial charge on any atom is -0.375 e. The van der Waals surface area contributed by atoms with E-state index in [2.05, 4.69) is 23.7 Å². The molecule has 0 unspecified atom stereocenters. The highest BCUT2D eigenvalue weighted by atomic mass is 32.1. The molecule has 1 heterocycles. The third-order valence-corrected chi connectivity index (χ3v) is 3.03. The number of nitrogens with zero attached hydrogens (tertiary/aromatic N) is 2. The first-order valence-corrected chi connectivity index (χ1v) is 5.50. The van der Waals surface area contributed by atoms with Crippen molar-refractivity contribution in [3.63, 3.8) is 0 Å². The van der Waals surface area contributed by atoms with Crippen molar-refractivity contribution in [3.05, 3.63) is 11.1 Å². The fourth-order valence-corrected chi connectivity index (χ4v) is 1.92. The highest BCUT2D eigenvalue weighted by Gasteiger charge is 2.02. The number of likely N-dealkylation sites (N-methyl/N-ethyl adjacent to an activating group) is 1. The number of hydrogen-bond donors (Lipinski definition) is 1. The van der Waals surface area contributed by atoms with Crippen LogP contribution < -0.4 is 5.73 Å². The van der Waals surface area contributed by atoms with E-state index in [1.54, 1.807) is 11.3 Å². The molecular formula is C9H17N3S. The Morgan fingerprint density at radius 2 is 2.15 bits per heavy atom. The van der Waals surface area contributed by atoms with E-state index >= 15 is 0 Å². The molecule has 0 aliphatic carbocycles. The normalized spacial score (nSPS) is 11.0. The van der Waals surface area contributed by atoms with Crippen molar-refractivity contribution >= 4 is 16.5 Å². The molecule has 0 radical (unpaired) electrons. The Kier molecular flexibility index (Phi) is 4.18. The van der Waals surface area contributed by atoms with Crippen molar-refractivity contribution in [1.82, 2.24) is 9.88 Å². The summed E-state index contributed by atoms with van der Waals surface area (Å²) in [7, 11) is 0. The van der Waals surface area contributed by atoms with Crippen molar-refractivity contribution in [1.29, 1.82) is 0 Å². The van der Waals surface area contributed by atoms with Crippen molar-refractivity contribution in [2.75, 3.05) is 25.4 Å². The predicted molar refractivity (Wildman–Crippen MR) is 58.0 cm³/mol. The van der Waals surface area contributed by atoms with E-state index in [9.17, 15) is 0 Å². The van der Waals surface area contributed by atoms with Crippen molar-refractivity contribution in [2.45, 2.75) is 20.3 Å².